The molecule has 2 aromatic rings. The van der Waals surface area contributed by atoms with Crippen molar-refractivity contribution >= 4 is 11.6 Å². The number of hydrogen-bond acceptors (Lipinski definition) is 4. The second-order valence-corrected chi connectivity index (χ2v) is 8.52. The largest absolute Gasteiger partial charge is 0.486 e. The van der Waals surface area contributed by atoms with E-state index in [2.05, 4.69) is 36.9 Å². The molecule has 0 saturated carbocycles. The van der Waals surface area contributed by atoms with Gasteiger partial charge in [0.05, 0.1) is 26.2 Å². The number of fused-ring (bicyclic) bond motifs is 1. The van der Waals surface area contributed by atoms with Crippen LogP contribution in [0.5, 0.6) is 11.5 Å². The third-order valence-corrected chi connectivity index (χ3v) is 6.50. The number of ether oxygens (including phenoxy) is 2. The Morgan fingerprint density at radius 2 is 1.81 bits per heavy atom. The number of likely N-dealkylation sites (N-methyl/N-ethyl adjacent to an activating group) is 1. The molecule has 31 heavy (non-hydrogen) atoms. The van der Waals surface area contributed by atoms with E-state index in [1.54, 1.807) is 0 Å². The summed E-state index contributed by atoms with van der Waals surface area (Å²) in [6.45, 7) is 13.4. The van der Waals surface area contributed by atoms with Gasteiger partial charge in [0.1, 0.15) is 13.2 Å². The summed E-state index contributed by atoms with van der Waals surface area (Å²) < 4.78 is 11.3. The standard InChI is InChI=1S/C25H33N3O3/c1-4-27(17-21-8-9-23-24(16-21)31-15-14-30-23)25(29)18-26-10-12-28(13-11-26)22-7-5-6-19(2)20(22)3/h5-9,16H,4,10-15,17-18H2,1-3H3/p+1. The summed E-state index contributed by atoms with van der Waals surface area (Å²) in [5.41, 5.74) is 5.10. The lowest BCUT2D eigenvalue weighted by Gasteiger charge is -2.35. The number of benzene rings is 2. The first-order valence-electron chi connectivity index (χ1n) is 11.4. The number of carbonyl (C=O) groups excluding carboxylic acids is 1. The maximum absolute atomic E-state index is 13.0. The van der Waals surface area contributed by atoms with Gasteiger partial charge in [-0.25, -0.2) is 0 Å². The number of anilines is 1. The summed E-state index contributed by atoms with van der Waals surface area (Å²) in [4.78, 5) is 18.8. The van der Waals surface area contributed by atoms with Crippen molar-refractivity contribution in [1.82, 2.24) is 4.90 Å². The van der Waals surface area contributed by atoms with E-state index in [4.69, 9.17) is 9.47 Å². The summed E-state index contributed by atoms with van der Waals surface area (Å²) in [6, 6.07) is 12.5. The van der Waals surface area contributed by atoms with Crippen LogP contribution in [-0.2, 0) is 11.3 Å². The highest BCUT2D eigenvalue weighted by Crippen LogP contribution is 2.31. The normalized spacial score (nSPS) is 16.3. The molecule has 4 rings (SSSR count). The summed E-state index contributed by atoms with van der Waals surface area (Å²) in [6.07, 6.45) is 0. The predicted molar refractivity (Wildman–Crippen MR) is 122 cm³/mol. The van der Waals surface area contributed by atoms with Gasteiger partial charge in [0.25, 0.3) is 5.91 Å². The number of aryl methyl sites for hydroxylation is 1. The Labute approximate surface area is 185 Å². The maximum Gasteiger partial charge on any atom is 0.278 e. The van der Waals surface area contributed by atoms with Crippen LogP contribution in [0.1, 0.15) is 23.6 Å². The fraction of sp³-hybridized carbons (Fsp3) is 0.480. The van der Waals surface area contributed by atoms with E-state index >= 15 is 0 Å². The lowest BCUT2D eigenvalue weighted by atomic mass is 10.1. The van der Waals surface area contributed by atoms with Crippen LogP contribution in [-0.4, -0.2) is 63.3 Å². The third kappa shape index (κ3) is 4.96. The van der Waals surface area contributed by atoms with Crippen LogP contribution in [0.4, 0.5) is 5.69 Å². The topological polar surface area (TPSA) is 46.5 Å². The summed E-state index contributed by atoms with van der Waals surface area (Å²) in [7, 11) is 0. The minimum absolute atomic E-state index is 0.215. The Bertz CT molecular complexity index is 922. The molecule has 0 atom stereocenters. The fourth-order valence-corrected chi connectivity index (χ4v) is 4.43. The van der Waals surface area contributed by atoms with Crippen molar-refractivity contribution in [3.63, 3.8) is 0 Å². The van der Waals surface area contributed by atoms with Crippen molar-refractivity contribution in [2.24, 2.45) is 0 Å². The molecule has 2 heterocycles. The van der Waals surface area contributed by atoms with E-state index in [9.17, 15) is 4.79 Å². The van der Waals surface area contributed by atoms with Crippen molar-refractivity contribution in [2.75, 3.05) is 57.4 Å². The van der Waals surface area contributed by atoms with E-state index in [0.29, 0.717) is 32.8 Å². The quantitative estimate of drug-likeness (QED) is 0.769. The molecule has 0 aromatic heterocycles. The minimum atomic E-state index is 0.215. The van der Waals surface area contributed by atoms with Crippen molar-refractivity contribution < 1.29 is 19.2 Å². The van der Waals surface area contributed by atoms with Crippen LogP contribution in [0.2, 0.25) is 0 Å². The molecule has 0 bridgehead atoms. The van der Waals surface area contributed by atoms with Gasteiger partial charge in [-0.15, -0.1) is 0 Å². The molecule has 2 aliphatic rings. The highest BCUT2D eigenvalue weighted by molar-refractivity contribution is 5.77. The summed E-state index contributed by atoms with van der Waals surface area (Å²) in [5.74, 6) is 1.78. The van der Waals surface area contributed by atoms with Gasteiger partial charge in [0.15, 0.2) is 18.0 Å². The average Bonchev–Trinajstić information content (AvgIpc) is 2.79. The van der Waals surface area contributed by atoms with Crippen LogP contribution in [0, 0.1) is 13.8 Å². The van der Waals surface area contributed by atoms with E-state index in [0.717, 1.165) is 43.2 Å². The number of rotatable bonds is 6. The first-order valence-corrected chi connectivity index (χ1v) is 11.4. The third-order valence-electron chi connectivity index (χ3n) is 6.50. The zero-order valence-electron chi connectivity index (χ0n) is 18.9. The number of nitrogens with zero attached hydrogens (tertiary/aromatic N) is 2. The van der Waals surface area contributed by atoms with Gasteiger partial charge in [-0.1, -0.05) is 18.2 Å². The molecule has 0 aliphatic carbocycles. The zero-order valence-corrected chi connectivity index (χ0v) is 18.9. The number of carbonyl (C=O) groups is 1. The van der Waals surface area contributed by atoms with Gasteiger partial charge in [-0.3, -0.25) is 4.79 Å². The minimum Gasteiger partial charge on any atom is -0.486 e. The van der Waals surface area contributed by atoms with Gasteiger partial charge >= 0.3 is 0 Å². The summed E-state index contributed by atoms with van der Waals surface area (Å²) in [5, 5.41) is 0. The Morgan fingerprint density at radius 1 is 1.06 bits per heavy atom. The van der Waals surface area contributed by atoms with Gasteiger partial charge in [-0.05, 0) is 55.7 Å². The fourth-order valence-electron chi connectivity index (χ4n) is 4.43. The molecule has 0 unspecified atom stereocenters. The van der Waals surface area contributed by atoms with Gasteiger partial charge in [0.2, 0.25) is 0 Å². The van der Waals surface area contributed by atoms with E-state index in [-0.39, 0.29) is 5.91 Å². The van der Waals surface area contributed by atoms with E-state index in [1.807, 2.05) is 30.0 Å². The number of hydrogen-bond donors (Lipinski definition) is 1. The summed E-state index contributed by atoms with van der Waals surface area (Å²) >= 11 is 0. The molecule has 0 radical (unpaired) electrons. The maximum atomic E-state index is 13.0. The van der Waals surface area contributed by atoms with E-state index in [1.165, 1.54) is 21.7 Å². The monoisotopic (exact) mass is 424 g/mol. The Morgan fingerprint density at radius 3 is 2.55 bits per heavy atom. The molecule has 166 valence electrons. The number of nitrogens with one attached hydrogen (secondary N) is 1. The highest BCUT2D eigenvalue weighted by atomic mass is 16.6. The molecule has 1 fully saturated rings. The second-order valence-electron chi connectivity index (χ2n) is 8.52. The Hall–Kier alpha value is -2.73. The van der Waals surface area contributed by atoms with Crippen LogP contribution in [0.25, 0.3) is 0 Å². The van der Waals surface area contributed by atoms with Crippen molar-refractivity contribution in [2.45, 2.75) is 27.3 Å². The lowest BCUT2D eigenvalue weighted by Crippen LogP contribution is -3.15. The van der Waals surface area contributed by atoms with Gasteiger partial charge in [0, 0.05) is 18.8 Å². The molecule has 6 nitrogen and oxygen atoms in total. The van der Waals surface area contributed by atoms with Crippen LogP contribution >= 0.6 is 0 Å². The SMILES string of the molecule is CCN(Cc1ccc2c(c1)OCCO2)C(=O)C[NH+]1CCN(c2cccc(C)c2C)CC1. The molecule has 1 N–H and O–H groups in total. The molecule has 1 saturated heterocycles. The van der Waals surface area contributed by atoms with Crippen molar-refractivity contribution in [3.05, 3.63) is 53.1 Å². The van der Waals surface area contributed by atoms with Gasteiger partial charge in [-0.2, -0.15) is 0 Å². The van der Waals surface area contributed by atoms with Gasteiger partial charge < -0.3 is 24.2 Å². The first kappa shape index (κ1) is 21.5. The zero-order chi connectivity index (χ0) is 21.8. The highest BCUT2D eigenvalue weighted by Gasteiger charge is 2.25. The number of amides is 1. The lowest BCUT2D eigenvalue weighted by molar-refractivity contribution is -0.892. The van der Waals surface area contributed by atoms with Crippen LogP contribution in [0.15, 0.2) is 36.4 Å². The molecule has 6 heteroatoms. The smallest absolute Gasteiger partial charge is 0.278 e. The molecule has 2 aromatic carbocycles. The molecular formula is C25H34N3O3+. The predicted octanol–water partition coefficient (Wildman–Crippen LogP) is 1.83. The number of piperazine rings is 1. The van der Waals surface area contributed by atoms with Crippen molar-refractivity contribution in [1.29, 1.82) is 0 Å². The Kier molecular flexibility index (Phi) is 6.66. The molecule has 2 aliphatic heterocycles. The Balaban J connectivity index is 1.32. The van der Waals surface area contributed by atoms with Crippen molar-refractivity contribution in [3.8, 4) is 11.5 Å². The molecule has 1 amide bonds. The number of quaternary nitrogens is 1. The average molecular weight is 425 g/mol. The second kappa shape index (κ2) is 9.60. The molecular weight excluding hydrogens is 390 g/mol. The molecule has 0 spiro atoms. The first-order chi connectivity index (χ1) is 15.0. The van der Waals surface area contributed by atoms with Crippen LogP contribution in [0.3, 0.4) is 0 Å². The van der Waals surface area contributed by atoms with E-state index < -0.39 is 0 Å². The van der Waals surface area contributed by atoms with Crippen LogP contribution < -0.4 is 19.3 Å².